The molecule has 0 radical (unpaired) electrons. The maximum atomic E-state index is 5.96. The van der Waals surface area contributed by atoms with Gasteiger partial charge in [0.2, 0.25) is 0 Å². The predicted octanol–water partition coefficient (Wildman–Crippen LogP) is 3.64. The highest BCUT2D eigenvalue weighted by molar-refractivity contribution is 6.41. The van der Waals surface area contributed by atoms with Gasteiger partial charge in [0.15, 0.2) is 0 Å². The van der Waals surface area contributed by atoms with Crippen LogP contribution in [-0.2, 0) is 11.3 Å². The molecule has 0 bridgehead atoms. The van der Waals surface area contributed by atoms with E-state index in [1.807, 2.05) is 12.1 Å². The Morgan fingerprint density at radius 1 is 1.24 bits per heavy atom. The zero-order valence-corrected chi connectivity index (χ0v) is 11.2. The van der Waals surface area contributed by atoms with Crippen molar-refractivity contribution in [3.05, 3.63) is 33.8 Å². The van der Waals surface area contributed by atoms with Crippen LogP contribution in [0.1, 0.15) is 24.8 Å². The molecule has 0 heterocycles. The zero-order chi connectivity index (χ0) is 12.3. The van der Waals surface area contributed by atoms with Crippen molar-refractivity contribution < 1.29 is 4.74 Å². The van der Waals surface area contributed by atoms with Crippen molar-refractivity contribution in [2.45, 2.75) is 32.0 Å². The first-order valence-electron chi connectivity index (χ1n) is 5.96. The molecule has 2 atom stereocenters. The SMILES string of the molecule is NCC1CCCC1OCc1ccc(Cl)c(Cl)c1. The van der Waals surface area contributed by atoms with Crippen molar-refractivity contribution in [2.24, 2.45) is 11.7 Å². The summed E-state index contributed by atoms with van der Waals surface area (Å²) >= 11 is 11.8. The summed E-state index contributed by atoms with van der Waals surface area (Å²) in [7, 11) is 0. The number of hydrogen-bond acceptors (Lipinski definition) is 2. The molecule has 1 aromatic rings. The van der Waals surface area contributed by atoms with Crippen LogP contribution in [0.5, 0.6) is 0 Å². The largest absolute Gasteiger partial charge is 0.373 e. The minimum absolute atomic E-state index is 0.300. The minimum Gasteiger partial charge on any atom is -0.373 e. The van der Waals surface area contributed by atoms with E-state index in [1.165, 1.54) is 12.8 Å². The van der Waals surface area contributed by atoms with Gasteiger partial charge in [-0.05, 0) is 43.0 Å². The van der Waals surface area contributed by atoms with Gasteiger partial charge in [0.25, 0.3) is 0 Å². The number of hydrogen-bond donors (Lipinski definition) is 1. The third kappa shape index (κ3) is 3.35. The monoisotopic (exact) mass is 273 g/mol. The molecular formula is C13H17Cl2NO. The summed E-state index contributed by atoms with van der Waals surface area (Å²) < 4.78 is 5.91. The van der Waals surface area contributed by atoms with Crippen LogP contribution >= 0.6 is 23.2 Å². The van der Waals surface area contributed by atoms with E-state index in [4.69, 9.17) is 33.7 Å². The molecule has 1 aliphatic rings. The smallest absolute Gasteiger partial charge is 0.0721 e. The molecule has 1 aliphatic carbocycles. The van der Waals surface area contributed by atoms with E-state index in [2.05, 4.69) is 0 Å². The molecule has 1 fully saturated rings. The third-order valence-corrected chi connectivity index (χ3v) is 4.08. The topological polar surface area (TPSA) is 35.2 Å². The first-order valence-corrected chi connectivity index (χ1v) is 6.72. The van der Waals surface area contributed by atoms with Gasteiger partial charge in [-0.25, -0.2) is 0 Å². The van der Waals surface area contributed by atoms with Crippen LogP contribution < -0.4 is 5.73 Å². The lowest BCUT2D eigenvalue weighted by molar-refractivity contribution is 0.0182. The fourth-order valence-electron chi connectivity index (χ4n) is 2.32. The van der Waals surface area contributed by atoms with E-state index < -0.39 is 0 Å². The lowest BCUT2D eigenvalue weighted by Crippen LogP contribution is -2.25. The first kappa shape index (κ1) is 13.2. The molecule has 2 unspecified atom stereocenters. The molecular weight excluding hydrogens is 257 g/mol. The van der Waals surface area contributed by atoms with Crippen molar-refractivity contribution in [1.29, 1.82) is 0 Å². The summed E-state index contributed by atoms with van der Waals surface area (Å²) in [6.07, 6.45) is 3.81. The summed E-state index contributed by atoms with van der Waals surface area (Å²) in [6, 6.07) is 5.61. The van der Waals surface area contributed by atoms with Crippen molar-refractivity contribution in [1.82, 2.24) is 0 Å². The average Bonchev–Trinajstić information content (AvgIpc) is 2.78. The van der Waals surface area contributed by atoms with Crippen LogP contribution in [0.3, 0.4) is 0 Å². The zero-order valence-electron chi connectivity index (χ0n) is 9.66. The van der Waals surface area contributed by atoms with Gasteiger partial charge in [-0.3, -0.25) is 0 Å². The van der Waals surface area contributed by atoms with Crippen LogP contribution in [0, 0.1) is 5.92 Å². The second kappa shape index (κ2) is 6.05. The van der Waals surface area contributed by atoms with Gasteiger partial charge >= 0.3 is 0 Å². The lowest BCUT2D eigenvalue weighted by atomic mass is 10.1. The van der Waals surface area contributed by atoms with E-state index in [9.17, 15) is 0 Å². The van der Waals surface area contributed by atoms with Gasteiger partial charge in [0, 0.05) is 0 Å². The van der Waals surface area contributed by atoms with Crippen molar-refractivity contribution in [3.8, 4) is 0 Å². The molecule has 94 valence electrons. The third-order valence-electron chi connectivity index (χ3n) is 3.34. The van der Waals surface area contributed by atoms with E-state index >= 15 is 0 Å². The minimum atomic E-state index is 0.300. The fraction of sp³-hybridized carbons (Fsp3) is 0.538. The maximum Gasteiger partial charge on any atom is 0.0721 e. The summed E-state index contributed by atoms with van der Waals surface area (Å²) in [5, 5.41) is 1.16. The van der Waals surface area contributed by atoms with Crippen molar-refractivity contribution in [3.63, 3.8) is 0 Å². The molecule has 0 saturated heterocycles. The van der Waals surface area contributed by atoms with Crippen molar-refractivity contribution >= 4 is 23.2 Å². The molecule has 0 amide bonds. The van der Waals surface area contributed by atoms with Crippen LogP contribution in [0.4, 0.5) is 0 Å². The number of rotatable bonds is 4. The second-order valence-corrected chi connectivity index (χ2v) is 5.34. The van der Waals surface area contributed by atoms with Gasteiger partial charge in [-0.15, -0.1) is 0 Å². The molecule has 2 nitrogen and oxygen atoms in total. The highest BCUT2D eigenvalue weighted by Gasteiger charge is 2.26. The Morgan fingerprint density at radius 2 is 2.06 bits per heavy atom. The van der Waals surface area contributed by atoms with Crippen LogP contribution in [0.2, 0.25) is 10.0 Å². The summed E-state index contributed by atoms with van der Waals surface area (Å²) in [6.45, 7) is 1.30. The predicted molar refractivity (Wildman–Crippen MR) is 71.4 cm³/mol. The molecule has 0 aromatic heterocycles. The van der Waals surface area contributed by atoms with E-state index in [0.29, 0.717) is 35.2 Å². The van der Waals surface area contributed by atoms with Gasteiger partial charge in [-0.2, -0.15) is 0 Å². The molecule has 1 aromatic carbocycles. The quantitative estimate of drug-likeness (QED) is 0.909. The van der Waals surface area contributed by atoms with Crippen LogP contribution in [-0.4, -0.2) is 12.6 Å². The molecule has 4 heteroatoms. The van der Waals surface area contributed by atoms with Crippen molar-refractivity contribution in [2.75, 3.05) is 6.54 Å². The van der Waals surface area contributed by atoms with Gasteiger partial charge < -0.3 is 10.5 Å². The molecule has 17 heavy (non-hydrogen) atoms. The van der Waals surface area contributed by atoms with Gasteiger partial charge in [0.05, 0.1) is 22.8 Å². The first-order chi connectivity index (χ1) is 8.20. The second-order valence-electron chi connectivity index (χ2n) is 4.52. The van der Waals surface area contributed by atoms with Gasteiger partial charge in [0.1, 0.15) is 0 Å². The molecule has 2 rings (SSSR count). The van der Waals surface area contributed by atoms with E-state index in [0.717, 1.165) is 12.0 Å². The van der Waals surface area contributed by atoms with E-state index in [-0.39, 0.29) is 0 Å². The summed E-state index contributed by atoms with van der Waals surface area (Å²) in [5.74, 6) is 0.512. The van der Waals surface area contributed by atoms with Gasteiger partial charge in [-0.1, -0.05) is 35.7 Å². The van der Waals surface area contributed by atoms with Crippen LogP contribution in [0.15, 0.2) is 18.2 Å². The highest BCUT2D eigenvalue weighted by atomic mass is 35.5. The Morgan fingerprint density at radius 3 is 2.76 bits per heavy atom. The Hall–Kier alpha value is -0.280. The Balaban J connectivity index is 1.91. The molecule has 2 N–H and O–H groups in total. The Bertz CT molecular complexity index is 384. The maximum absolute atomic E-state index is 5.96. The summed E-state index contributed by atoms with van der Waals surface area (Å²) in [4.78, 5) is 0. The average molecular weight is 274 g/mol. The highest BCUT2D eigenvalue weighted by Crippen LogP contribution is 2.29. The standard InChI is InChI=1S/C13H17Cl2NO/c14-11-5-4-9(6-12(11)15)8-17-13-3-1-2-10(13)7-16/h4-6,10,13H,1-3,7-8,16H2. The Labute approximate surface area is 112 Å². The van der Waals surface area contributed by atoms with Crippen LogP contribution in [0.25, 0.3) is 0 Å². The molecule has 1 saturated carbocycles. The summed E-state index contributed by atoms with van der Waals surface area (Å²) in [5.41, 5.74) is 6.78. The molecule has 0 spiro atoms. The van der Waals surface area contributed by atoms with E-state index in [1.54, 1.807) is 6.07 Å². The number of halogens is 2. The molecule has 0 aliphatic heterocycles. The lowest BCUT2D eigenvalue weighted by Gasteiger charge is -2.18. The Kier molecular flexibility index (Phi) is 4.69. The number of ether oxygens (including phenoxy) is 1. The number of benzene rings is 1. The fourth-order valence-corrected chi connectivity index (χ4v) is 2.65. The number of nitrogens with two attached hydrogens (primary N) is 1. The normalized spacial score (nSPS) is 24.2.